The first kappa shape index (κ1) is 13.5. The molecule has 5 nitrogen and oxygen atoms in total. The van der Waals surface area contributed by atoms with E-state index in [2.05, 4.69) is 15.2 Å². The predicted molar refractivity (Wildman–Crippen MR) is 88.8 cm³/mol. The predicted octanol–water partition coefficient (Wildman–Crippen LogP) is 3.40. The zero-order chi connectivity index (χ0) is 15.8. The van der Waals surface area contributed by atoms with E-state index in [0.717, 1.165) is 33.5 Å². The van der Waals surface area contributed by atoms with Crippen molar-refractivity contribution < 1.29 is 5.11 Å². The van der Waals surface area contributed by atoms with Gasteiger partial charge >= 0.3 is 0 Å². The number of aryl methyl sites for hydroxylation is 1. The Hall–Kier alpha value is -3.21. The lowest BCUT2D eigenvalue weighted by molar-refractivity contribution is 0.475. The smallest absolute Gasteiger partial charge is 0.160 e. The Balaban J connectivity index is 1.99. The average Bonchev–Trinajstić information content (AvgIpc) is 3.01. The van der Waals surface area contributed by atoms with Crippen LogP contribution in [0.5, 0.6) is 5.75 Å². The molecule has 0 bridgehead atoms. The van der Waals surface area contributed by atoms with Crippen LogP contribution in [0.2, 0.25) is 0 Å². The number of phenolic OH excluding ortho intramolecular Hbond substituents is 1. The molecule has 0 aliphatic carbocycles. The van der Waals surface area contributed by atoms with E-state index in [4.69, 9.17) is 0 Å². The Morgan fingerprint density at radius 3 is 2.17 bits per heavy atom. The zero-order valence-corrected chi connectivity index (χ0v) is 12.5. The van der Waals surface area contributed by atoms with E-state index in [1.165, 1.54) is 0 Å². The molecule has 0 radical (unpaired) electrons. The molecule has 0 unspecified atom stereocenters. The van der Waals surface area contributed by atoms with Crippen LogP contribution in [0.15, 0.2) is 60.9 Å². The van der Waals surface area contributed by atoms with Gasteiger partial charge in [0.25, 0.3) is 0 Å². The number of fused-ring (bicyclic) bond motifs is 1. The van der Waals surface area contributed by atoms with E-state index in [9.17, 15) is 5.11 Å². The Kier molecular flexibility index (Phi) is 3.05. The van der Waals surface area contributed by atoms with Crippen molar-refractivity contribution in [3.8, 4) is 28.5 Å². The third kappa shape index (κ3) is 2.23. The molecular formula is C18H14N4O. The van der Waals surface area contributed by atoms with Gasteiger partial charge in [-0.3, -0.25) is 0 Å². The molecule has 0 saturated heterocycles. The molecule has 2 aromatic heterocycles. The first-order chi connectivity index (χ1) is 11.2. The fourth-order valence-electron chi connectivity index (χ4n) is 2.70. The molecule has 0 amide bonds. The van der Waals surface area contributed by atoms with E-state index in [1.54, 1.807) is 18.3 Å². The molecule has 23 heavy (non-hydrogen) atoms. The lowest BCUT2D eigenvalue weighted by Crippen LogP contribution is -1.99. The molecule has 0 fully saturated rings. The van der Waals surface area contributed by atoms with E-state index in [-0.39, 0.29) is 5.75 Å². The average molecular weight is 302 g/mol. The van der Waals surface area contributed by atoms with Gasteiger partial charge in [0.1, 0.15) is 17.1 Å². The lowest BCUT2D eigenvalue weighted by Gasteiger charge is -2.09. The highest BCUT2D eigenvalue weighted by Gasteiger charge is 2.14. The lowest BCUT2D eigenvalue weighted by atomic mass is 10.0. The fourth-order valence-corrected chi connectivity index (χ4v) is 2.70. The first-order valence-corrected chi connectivity index (χ1v) is 7.26. The first-order valence-electron chi connectivity index (χ1n) is 7.26. The number of hydrogen-bond donors (Lipinski definition) is 1. The van der Waals surface area contributed by atoms with Crippen molar-refractivity contribution >= 4 is 10.8 Å². The van der Waals surface area contributed by atoms with Crippen LogP contribution in [0, 0.1) is 0 Å². The van der Waals surface area contributed by atoms with Crippen LogP contribution in [-0.2, 0) is 7.05 Å². The van der Waals surface area contributed by atoms with Crippen LogP contribution in [0.1, 0.15) is 0 Å². The van der Waals surface area contributed by atoms with Crippen molar-refractivity contribution in [2.45, 2.75) is 0 Å². The number of nitrogens with zero attached hydrogens (tertiary/aromatic N) is 4. The van der Waals surface area contributed by atoms with Crippen LogP contribution in [0.25, 0.3) is 33.5 Å². The van der Waals surface area contributed by atoms with Crippen molar-refractivity contribution in [3.63, 3.8) is 0 Å². The minimum atomic E-state index is 0.232. The molecule has 2 heterocycles. The number of aromatic hydroxyl groups is 1. The number of imidazole rings is 1. The number of benzene rings is 2. The van der Waals surface area contributed by atoms with Gasteiger partial charge in [0.05, 0.1) is 0 Å². The zero-order valence-electron chi connectivity index (χ0n) is 12.5. The Morgan fingerprint density at radius 2 is 1.52 bits per heavy atom. The number of hydrogen-bond acceptors (Lipinski definition) is 4. The Morgan fingerprint density at radius 1 is 0.870 bits per heavy atom. The van der Waals surface area contributed by atoms with Gasteiger partial charge in [-0.1, -0.05) is 24.3 Å². The Bertz CT molecular complexity index is 990. The normalized spacial score (nSPS) is 11.0. The summed E-state index contributed by atoms with van der Waals surface area (Å²) in [6.45, 7) is 0. The molecule has 5 heteroatoms. The van der Waals surface area contributed by atoms with Crippen LogP contribution in [-0.4, -0.2) is 24.9 Å². The highest BCUT2D eigenvalue weighted by atomic mass is 16.3. The van der Waals surface area contributed by atoms with Gasteiger partial charge in [0.15, 0.2) is 5.82 Å². The fraction of sp³-hybridized carbons (Fsp3) is 0.0556. The van der Waals surface area contributed by atoms with Gasteiger partial charge in [0, 0.05) is 35.8 Å². The third-order valence-electron chi connectivity index (χ3n) is 3.86. The summed E-state index contributed by atoms with van der Waals surface area (Å²) in [6, 6.07) is 15.0. The second kappa shape index (κ2) is 5.21. The summed E-state index contributed by atoms with van der Waals surface area (Å²) in [5, 5.41) is 20.3. The quantitative estimate of drug-likeness (QED) is 0.616. The highest BCUT2D eigenvalue weighted by Crippen LogP contribution is 2.31. The molecule has 0 aliphatic heterocycles. The van der Waals surface area contributed by atoms with Gasteiger partial charge < -0.3 is 9.67 Å². The maximum absolute atomic E-state index is 9.47. The maximum atomic E-state index is 9.47. The largest absolute Gasteiger partial charge is 0.508 e. The van der Waals surface area contributed by atoms with E-state index >= 15 is 0 Å². The minimum absolute atomic E-state index is 0.232. The SMILES string of the molecule is Cn1ccnc1-c1nnc(-c2ccc(O)cc2)c2ccccc12. The van der Waals surface area contributed by atoms with Gasteiger partial charge in [-0.25, -0.2) is 4.98 Å². The third-order valence-corrected chi connectivity index (χ3v) is 3.86. The topological polar surface area (TPSA) is 63.8 Å². The van der Waals surface area contributed by atoms with Crippen LogP contribution in [0.3, 0.4) is 0 Å². The standard InChI is InChI=1S/C18H14N4O/c1-22-11-10-19-18(22)17-15-5-3-2-4-14(15)16(20-21-17)12-6-8-13(23)9-7-12/h2-11,23H,1H3. The van der Waals surface area contributed by atoms with E-state index < -0.39 is 0 Å². The van der Waals surface area contributed by atoms with Crippen molar-refractivity contribution in [2.75, 3.05) is 0 Å². The summed E-state index contributed by atoms with van der Waals surface area (Å²) in [5.41, 5.74) is 2.46. The summed E-state index contributed by atoms with van der Waals surface area (Å²) < 4.78 is 1.93. The molecule has 2 aromatic carbocycles. The highest BCUT2D eigenvalue weighted by molar-refractivity contribution is 6.00. The molecule has 0 atom stereocenters. The maximum Gasteiger partial charge on any atom is 0.160 e. The molecule has 112 valence electrons. The van der Waals surface area contributed by atoms with E-state index in [1.807, 2.05) is 54.2 Å². The Labute approximate surface area is 132 Å². The molecule has 0 spiro atoms. The second-order valence-corrected chi connectivity index (χ2v) is 5.35. The molecule has 0 aliphatic rings. The molecule has 4 aromatic rings. The molecule has 1 N–H and O–H groups in total. The van der Waals surface area contributed by atoms with Gasteiger partial charge in [0.2, 0.25) is 0 Å². The number of rotatable bonds is 2. The number of phenols is 1. The van der Waals surface area contributed by atoms with Crippen LogP contribution < -0.4 is 0 Å². The number of aromatic nitrogens is 4. The van der Waals surface area contributed by atoms with Crippen LogP contribution in [0.4, 0.5) is 0 Å². The van der Waals surface area contributed by atoms with Crippen molar-refractivity contribution in [2.24, 2.45) is 7.05 Å². The van der Waals surface area contributed by atoms with Gasteiger partial charge in [-0.2, -0.15) is 0 Å². The van der Waals surface area contributed by atoms with Gasteiger partial charge in [-0.15, -0.1) is 10.2 Å². The molecule has 4 rings (SSSR count). The second-order valence-electron chi connectivity index (χ2n) is 5.35. The summed E-state index contributed by atoms with van der Waals surface area (Å²) in [4.78, 5) is 4.38. The summed E-state index contributed by atoms with van der Waals surface area (Å²) in [5.74, 6) is 1.02. The minimum Gasteiger partial charge on any atom is -0.508 e. The summed E-state index contributed by atoms with van der Waals surface area (Å²) in [6.07, 6.45) is 3.64. The van der Waals surface area contributed by atoms with Crippen LogP contribution >= 0.6 is 0 Å². The molecule has 0 saturated carbocycles. The molecular weight excluding hydrogens is 288 g/mol. The summed E-state index contributed by atoms with van der Waals surface area (Å²) >= 11 is 0. The van der Waals surface area contributed by atoms with E-state index in [0.29, 0.717) is 0 Å². The van der Waals surface area contributed by atoms with Crippen molar-refractivity contribution in [1.82, 2.24) is 19.7 Å². The monoisotopic (exact) mass is 302 g/mol. The van der Waals surface area contributed by atoms with Crippen molar-refractivity contribution in [1.29, 1.82) is 0 Å². The summed E-state index contributed by atoms with van der Waals surface area (Å²) in [7, 11) is 1.94. The van der Waals surface area contributed by atoms with Gasteiger partial charge in [-0.05, 0) is 24.3 Å². The van der Waals surface area contributed by atoms with Crippen molar-refractivity contribution in [3.05, 3.63) is 60.9 Å².